The fourth-order valence-corrected chi connectivity index (χ4v) is 3.29. The van der Waals surface area contributed by atoms with Crippen molar-refractivity contribution in [2.24, 2.45) is 5.41 Å². The minimum absolute atomic E-state index is 0.0436. The second kappa shape index (κ2) is 8.23. The molecule has 0 spiro atoms. The van der Waals surface area contributed by atoms with Crippen LogP contribution < -0.4 is 5.32 Å². The fraction of sp³-hybridized carbons (Fsp3) is 0.240. The first-order valence-corrected chi connectivity index (χ1v) is 10.5. The molecule has 0 saturated heterocycles. The molecule has 1 amide bonds. The molecule has 2 aromatic carbocycles. The Bertz CT molecular complexity index is 1400. The summed E-state index contributed by atoms with van der Waals surface area (Å²) < 4.78 is 54.9. The van der Waals surface area contributed by atoms with Gasteiger partial charge in [-0.05, 0) is 48.9 Å². The lowest BCUT2D eigenvalue weighted by molar-refractivity contribution is -0.137. The number of fused-ring (bicyclic) bond motifs is 1. The smallest absolute Gasteiger partial charge is 0.325 e. The average molecular weight is 470 g/mol. The Hall–Kier alpha value is -3.75. The SMILES string of the molecule is Cc1ccc(-c2cn3nc(-c4cc(C(F)(F)F)ccc4F)ccc3n2)cc1NC(=O)C(C)(C)C. The number of hydrogen-bond acceptors (Lipinski definition) is 3. The second-order valence-electron chi connectivity index (χ2n) is 9.07. The molecule has 176 valence electrons. The molecule has 2 aromatic heterocycles. The van der Waals surface area contributed by atoms with Crippen molar-refractivity contribution in [1.82, 2.24) is 14.6 Å². The summed E-state index contributed by atoms with van der Waals surface area (Å²) in [5.41, 5.74) is 1.49. The molecule has 0 unspecified atom stereocenters. The lowest BCUT2D eigenvalue weighted by atomic mass is 9.95. The van der Waals surface area contributed by atoms with Crippen LogP contribution in [0.25, 0.3) is 28.2 Å². The number of nitrogens with zero attached hydrogens (tertiary/aromatic N) is 3. The van der Waals surface area contributed by atoms with Gasteiger partial charge in [-0.2, -0.15) is 18.3 Å². The van der Waals surface area contributed by atoms with Crippen molar-refractivity contribution in [3.63, 3.8) is 0 Å². The van der Waals surface area contributed by atoms with E-state index in [1.54, 1.807) is 18.3 Å². The minimum Gasteiger partial charge on any atom is -0.325 e. The van der Waals surface area contributed by atoms with Crippen molar-refractivity contribution in [1.29, 1.82) is 0 Å². The Morgan fingerprint density at radius 1 is 0.971 bits per heavy atom. The van der Waals surface area contributed by atoms with E-state index in [1.165, 1.54) is 10.6 Å². The van der Waals surface area contributed by atoms with E-state index in [4.69, 9.17) is 0 Å². The third-order valence-corrected chi connectivity index (χ3v) is 5.35. The third kappa shape index (κ3) is 4.64. The highest BCUT2D eigenvalue weighted by Crippen LogP contribution is 2.33. The van der Waals surface area contributed by atoms with Gasteiger partial charge in [-0.25, -0.2) is 13.9 Å². The number of imidazole rings is 1. The molecule has 5 nitrogen and oxygen atoms in total. The number of aryl methyl sites for hydroxylation is 1. The second-order valence-corrected chi connectivity index (χ2v) is 9.07. The summed E-state index contributed by atoms with van der Waals surface area (Å²) in [6.45, 7) is 7.34. The van der Waals surface area contributed by atoms with E-state index < -0.39 is 23.0 Å². The van der Waals surface area contributed by atoms with Crippen molar-refractivity contribution in [2.45, 2.75) is 33.9 Å². The summed E-state index contributed by atoms with van der Waals surface area (Å²) in [7, 11) is 0. The van der Waals surface area contributed by atoms with Crippen LogP contribution >= 0.6 is 0 Å². The fourth-order valence-electron chi connectivity index (χ4n) is 3.29. The number of benzene rings is 2. The molecular formula is C25H22F4N4O. The molecule has 0 bridgehead atoms. The zero-order chi connectivity index (χ0) is 24.8. The molecular weight excluding hydrogens is 448 g/mol. The standard InChI is InChI=1S/C25H22F4N4O/c1-14-5-6-15(11-20(14)31-23(34)24(2,3)4)21-13-33-22(30-21)10-9-19(32-33)17-12-16(25(27,28)29)7-8-18(17)26/h5-13H,1-4H3,(H,31,34). The number of rotatable bonds is 3. The number of anilines is 1. The highest BCUT2D eigenvalue weighted by Gasteiger charge is 2.31. The molecule has 2 heterocycles. The van der Waals surface area contributed by atoms with E-state index in [1.807, 2.05) is 39.8 Å². The first-order valence-electron chi connectivity index (χ1n) is 10.5. The summed E-state index contributed by atoms with van der Waals surface area (Å²) in [4.78, 5) is 16.9. The van der Waals surface area contributed by atoms with Crippen LogP contribution in [0.5, 0.6) is 0 Å². The molecule has 0 aliphatic carbocycles. The highest BCUT2D eigenvalue weighted by atomic mass is 19.4. The lowest BCUT2D eigenvalue weighted by Gasteiger charge is -2.19. The topological polar surface area (TPSA) is 59.3 Å². The number of nitrogens with one attached hydrogen (secondary N) is 1. The molecule has 0 atom stereocenters. The number of carbonyl (C=O) groups excluding carboxylic acids is 1. The van der Waals surface area contributed by atoms with Gasteiger partial charge in [0, 0.05) is 22.2 Å². The Balaban J connectivity index is 1.72. The molecule has 4 rings (SSSR count). The van der Waals surface area contributed by atoms with E-state index in [2.05, 4.69) is 15.4 Å². The molecule has 34 heavy (non-hydrogen) atoms. The summed E-state index contributed by atoms with van der Waals surface area (Å²) in [6.07, 6.45) is -3.00. The lowest BCUT2D eigenvalue weighted by Crippen LogP contribution is -2.27. The van der Waals surface area contributed by atoms with E-state index in [9.17, 15) is 22.4 Å². The van der Waals surface area contributed by atoms with Gasteiger partial charge in [0.25, 0.3) is 0 Å². The van der Waals surface area contributed by atoms with Gasteiger partial charge in [0.15, 0.2) is 5.65 Å². The van der Waals surface area contributed by atoms with Crippen LogP contribution in [0.15, 0.2) is 54.7 Å². The normalized spacial score (nSPS) is 12.2. The van der Waals surface area contributed by atoms with E-state index in [0.717, 1.165) is 17.7 Å². The van der Waals surface area contributed by atoms with Gasteiger partial charge in [-0.3, -0.25) is 4.79 Å². The zero-order valence-electron chi connectivity index (χ0n) is 19.0. The largest absolute Gasteiger partial charge is 0.416 e. The Kier molecular flexibility index (Phi) is 5.67. The molecule has 0 aliphatic rings. The zero-order valence-corrected chi connectivity index (χ0v) is 19.0. The van der Waals surface area contributed by atoms with Crippen molar-refractivity contribution in [3.05, 3.63) is 71.7 Å². The Morgan fingerprint density at radius 2 is 1.71 bits per heavy atom. The minimum atomic E-state index is -4.60. The van der Waals surface area contributed by atoms with Gasteiger partial charge in [0.2, 0.25) is 5.91 Å². The van der Waals surface area contributed by atoms with Gasteiger partial charge in [0.1, 0.15) is 5.82 Å². The van der Waals surface area contributed by atoms with Crippen molar-refractivity contribution in [2.75, 3.05) is 5.32 Å². The van der Waals surface area contributed by atoms with Crippen molar-refractivity contribution < 1.29 is 22.4 Å². The van der Waals surface area contributed by atoms with Crippen LogP contribution in [0, 0.1) is 18.2 Å². The van der Waals surface area contributed by atoms with Gasteiger partial charge in [-0.1, -0.05) is 32.9 Å². The van der Waals surface area contributed by atoms with Crippen LogP contribution in [0.2, 0.25) is 0 Å². The monoisotopic (exact) mass is 470 g/mol. The summed E-state index contributed by atoms with van der Waals surface area (Å²) in [6, 6.07) is 10.7. The first-order chi connectivity index (χ1) is 15.8. The highest BCUT2D eigenvalue weighted by molar-refractivity contribution is 5.95. The van der Waals surface area contributed by atoms with Crippen LogP contribution in [0.1, 0.15) is 31.9 Å². The first kappa shape index (κ1) is 23.4. The maximum absolute atomic E-state index is 14.3. The number of alkyl halides is 3. The number of amides is 1. The maximum Gasteiger partial charge on any atom is 0.416 e. The van der Waals surface area contributed by atoms with Crippen molar-refractivity contribution >= 4 is 17.2 Å². The summed E-state index contributed by atoms with van der Waals surface area (Å²) >= 11 is 0. The van der Waals surface area contributed by atoms with Gasteiger partial charge >= 0.3 is 6.18 Å². The van der Waals surface area contributed by atoms with Crippen LogP contribution in [-0.2, 0) is 11.0 Å². The molecule has 9 heteroatoms. The molecule has 0 aliphatic heterocycles. The molecule has 1 N–H and O–H groups in total. The van der Waals surface area contributed by atoms with E-state index in [-0.39, 0.29) is 17.2 Å². The van der Waals surface area contributed by atoms with Crippen LogP contribution in [0.4, 0.5) is 23.2 Å². The maximum atomic E-state index is 14.3. The number of hydrogen-bond donors (Lipinski definition) is 1. The predicted octanol–water partition coefficient (Wildman–Crippen LogP) is 6.51. The number of halogens is 4. The summed E-state index contributed by atoms with van der Waals surface area (Å²) in [5, 5.41) is 7.20. The van der Waals surface area contributed by atoms with Crippen LogP contribution in [0.3, 0.4) is 0 Å². The molecule has 0 saturated carbocycles. The van der Waals surface area contributed by atoms with Gasteiger partial charge in [0.05, 0.1) is 23.1 Å². The predicted molar refractivity (Wildman–Crippen MR) is 122 cm³/mol. The number of carbonyl (C=O) groups is 1. The van der Waals surface area contributed by atoms with Crippen molar-refractivity contribution in [3.8, 4) is 22.5 Å². The van der Waals surface area contributed by atoms with Gasteiger partial charge < -0.3 is 5.32 Å². The Labute approximate surface area is 193 Å². The molecule has 0 fully saturated rings. The average Bonchev–Trinajstić information content (AvgIpc) is 3.17. The van der Waals surface area contributed by atoms with Gasteiger partial charge in [-0.15, -0.1) is 0 Å². The van der Waals surface area contributed by atoms with E-state index >= 15 is 0 Å². The Morgan fingerprint density at radius 3 is 2.38 bits per heavy atom. The summed E-state index contributed by atoms with van der Waals surface area (Å²) in [5.74, 6) is -0.935. The van der Waals surface area contributed by atoms with E-state index in [0.29, 0.717) is 28.7 Å². The quantitative estimate of drug-likeness (QED) is 0.347. The van der Waals surface area contributed by atoms with Crippen LogP contribution in [-0.4, -0.2) is 20.5 Å². The molecule has 4 aromatic rings. The number of aromatic nitrogens is 3. The third-order valence-electron chi connectivity index (χ3n) is 5.35. The molecule has 0 radical (unpaired) electrons.